The van der Waals surface area contributed by atoms with Gasteiger partial charge >= 0.3 is 5.97 Å². The molecular formula is C13H25O2Zn-. The predicted octanol–water partition coefficient (Wildman–Crippen LogP) is 3.91. The fourth-order valence-corrected chi connectivity index (χ4v) is 1.48. The summed E-state index contributed by atoms with van der Waals surface area (Å²) in [7, 11) is 0. The fraction of sp³-hybridized carbons (Fsp3) is 0.846. The minimum atomic E-state index is -0.757. The molecule has 1 N–H and O–H groups in total. The molecule has 0 amide bonds. The van der Waals surface area contributed by atoms with E-state index in [-0.39, 0.29) is 19.5 Å². The van der Waals surface area contributed by atoms with Crippen LogP contribution >= 0.6 is 0 Å². The van der Waals surface area contributed by atoms with Crippen LogP contribution in [0.2, 0.25) is 0 Å². The van der Waals surface area contributed by atoms with E-state index in [0.29, 0.717) is 0 Å². The van der Waals surface area contributed by atoms with E-state index >= 15 is 0 Å². The van der Waals surface area contributed by atoms with E-state index < -0.39 is 11.4 Å². The summed E-state index contributed by atoms with van der Waals surface area (Å²) in [6.07, 6.45) is 8.45. The Kier molecular flexibility index (Phi) is 10.6. The van der Waals surface area contributed by atoms with E-state index in [1.165, 1.54) is 38.5 Å². The van der Waals surface area contributed by atoms with Gasteiger partial charge in [0.05, 0.1) is 5.41 Å². The Morgan fingerprint density at radius 2 is 1.62 bits per heavy atom. The number of carbonyl (C=O) groups is 1. The van der Waals surface area contributed by atoms with Crippen LogP contribution in [0.25, 0.3) is 0 Å². The van der Waals surface area contributed by atoms with Crippen LogP contribution < -0.4 is 0 Å². The molecule has 0 saturated heterocycles. The molecule has 0 bridgehead atoms. The molecule has 0 aromatic carbocycles. The summed E-state index contributed by atoms with van der Waals surface area (Å²) in [5.41, 5.74) is -0.583. The van der Waals surface area contributed by atoms with Gasteiger partial charge in [0.25, 0.3) is 0 Å². The number of carboxylic acids is 1. The van der Waals surface area contributed by atoms with Crippen molar-refractivity contribution in [3.05, 3.63) is 6.92 Å². The summed E-state index contributed by atoms with van der Waals surface area (Å²) in [4.78, 5) is 10.0. The van der Waals surface area contributed by atoms with Crippen molar-refractivity contribution in [2.24, 2.45) is 11.3 Å². The molecule has 16 heavy (non-hydrogen) atoms. The first-order valence-corrected chi connectivity index (χ1v) is 5.90. The zero-order chi connectivity index (χ0) is 11.9. The quantitative estimate of drug-likeness (QED) is 0.583. The zero-order valence-corrected chi connectivity index (χ0v) is 14.1. The van der Waals surface area contributed by atoms with Crippen LogP contribution in [0, 0.1) is 18.3 Å². The summed E-state index contributed by atoms with van der Waals surface area (Å²) in [6, 6.07) is 0. The third-order valence-electron chi connectivity index (χ3n) is 2.77. The van der Waals surface area contributed by atoms with Crippen molar-refractivity contribution in [3.63, 3.8) is 0 Å². The molecule has 0 heterocycles. The molecule has 92 valence electrons. The summed E-state index contributed by atoms with van der Waals surface area (Å²) < 4.78 is 0. The van der Waals surface area contributed by atoms with E-state index in [0.717, 1.165) is 5.92 Å². The van der Waals surface area contributed by atoms with Gasteiger partial charge in [-0.1, -0.05) is 38.0 Å². The number of rotatable bonds is 1. The maximum absolute atomic E-state index is 10.0. The van der Waals surface area contributed by atoms with Crippen LogP contribution in [0.1, 0.15) is 59.3 Å². The minimum Gasteiger partial charge on any atom is -0.481 e. The first kappa shape index (κ1) is 18.5. The van der Waals surface area contributed by atoms with E-state index in [1.54, 1.807) is 20.8 Å². The van der Waals surface area contributed by atoms with Gasteiger partial charge in [0.15, 0.2) is 0 Å². The normalized spacial score (nSPS) is 16.8. The van der Waals surface area contributed by atoms with Gasteiger partial charge in [-0.3, -0.25) is 4.79 Å². The van der Waals surface area contributed by atoms with Gasteiger partial charge in [-0.2, -0.15) is 6.42 Å². The Bertz CT molecular complexity index is 179. The predicted molar refractivity (Wildman–Crippen MR) is 63.6 cm³/mol. The van der Waals surface area contributed by atoms with Gasteiger partial charge in [-0.05, 0) is 20.8 Å². The molecule has 3 heteroatoms. The van der Waals surface area contributed by atoms with E-state index in [4.69, 9.17) is 5.11 Å². The van der Waals surface area contributed by atoms with Gasteiger partial charge in [0.1, 0.15) is 0 Å². The van der Waals surface area contributed by atoms with Crippen molar-refractivity contribution in [3.8, 4) is 0 Å². The Balaban J connectivity index is 0. The SMILES string of the molecule is CC(C)(C)C(=O)O.[CH2-]CC1CCCCC1.[Zn]. The smallest absolute Gasteiger partial charge is 0.308 e. The molecule has 0 aromatic rings. The van der Waals surface area contributed by atoms with Crippen LogP contribution in [-0.2, 0) is 24.3 Å². The molecular weight excluding hydrogens is 254 g/mol. The molecule has 1 aliphatic carbocycles. The molecule has 0 aliphatic heterocycles. The summed E-state index contributed by atoms with van der Waals surface area (Å²) >= 11 is 0. The standard InChI is InChI=1S/C8H15.C5H10O2.Zn/c1-2-8-6-4-3-5-7-8;1-5(2,3)4(6)7;/h8H,1-7H2;1-3H3,(H,6,7);/q-1;;. The van der Waals surface area contributed by atoms with Crippen LogP contribution in [0.4, 0.5) is 0 Å². The van der Waals surface area contributed by atoms with Gasteiger partial charge < -0.3 is 12.0 Å². The largest absolute Gasteiger partial charge is 0.481 e. The molecule has 0 atom stereocenters. The van der Waals surface area contributed by atoms with Crippen LogP contribution in [0.3, 0.4) is 0 Å². The van der Waals surface area contributed by atoms with Crippen molar-refractivity contribution in [1.82, 2.24) is 0 Å². The fourth-order valence-electron chi connectivity index (χ4n) is 1.48. The second-order valence-electron chi connectivity index (χ2n) is 5.35. The van der Waals surface area contributed by atoms with Crippen molar-refractivity contribution >= 4 is 5.97 Å². The minimum absolute atomic E-state index is 0. The third kappa shape index (κ3) is 9.33. The van der Waals surface area contributed by atoms with Gasteiger partial charge in [0, 0.05) is 19.5 Å². The summed E-state index contributed by atoms with van der Waals surface area (Å²) in [6.45, 7) is 8.90. The Morgan fingerprint density at radius 3 is 1.81 bits per heavy atom. The monoisotopic (exact) mass is 277 g/mol. The molecule has 1 fully saturated rings. The van der Waals surface area contributed by atoms with Crippen molar-refractivity contribution < 1.29 is 29.4 Å². The Hall–Kier alpha value is 0.0934. The molecule has 0 radical (unpaired) electrons. The first-order valence-electron chi connectivity index (χ1n) is 5.90. The van der Waals surface area contributed by atoms with Gasteiger partial charge in [-0.15, -0.1) is 0 Å². The van der Waals surface area contributed by atoms with E-state index in [2.05, 4.69) is 6.92 Å². The molecule has 0 spiro atoms. The summed E-state index contributed by atoms with van der Waals surface area (Å²) in [5.74, 6) is 0.219. The first-order chi connectivity index (χ1) is 6.88. The average Bonchev–Trinajstić information content (AvgIpc) is 2.18. The zero-order valence-electron chi connectivity index (χ0n) is 11.1. The van der Waals surface area contributed by atoms with E-state index in [9.17, 15) is 4.79 Å². The topological polar surface area (TPSA) is 37.3 Å². The number of aliphatic carboxylic acids is 1. The number of hydrogen-bond donors (Lipinski definition) is 1. The Labute approximate surface area is 113 Å². The summed E-state index contributed by atoms with van der Waals surface area (Å²) in [5, 5.41) is 8.25. The van der Waals surface area contributed by atoms with Crippen molar-refractivity contribution in [1.29, 1.82) is 0 Å². The molecule has 1 saturated carbocycles. The van der Waals surface area contributed by atoms with Crippen LogP contribution in [-0.4, -0.2) is 11.1 Å². The number of carboxylic acid groups (broad SMARTS) is 1. The third-order valence-corrected chi connectivity index (χ3v) is 2.77. The molecule has 1 rings (SSSR count). The number of hydrogen-bond acceptors (Lipinski definition) is 1. The molecule has 2 nitrogen and oxygen atoms in total. The van der Waals surface area contributed by atoms with Crippen LogP contribution in [0.5, 0.6) is 0 Å². The maximum atomic E-state index is 10.0. The van der Waals surface area contributed by atoms with Gasteiger partial charge in [0.2, 0.25) is 0 Å². The molecule has 0 aromatic heterocycles. The second-order valence-corrected chi connectivity index (χ2v) is 5.35. The van der Waals surface area contributed by atoms with E-state index in [1.807, 2.05) is 0 Å². The van der Waals surface area contributed by atoms with Gasteiger partial charge in [-0.25, -0.2) is 0 Å². The average molecular weight is 279 g/mol. The molecule has 0 unspecified atom stereocenters. The molecule has 1 aliphatic rings. The Morgan fingerprint density at radius 1 is 1.25 bits per heavy atom. The maximum Gasteiger partial charge on any atom is 0.308 e. The van der Waals surface area contributed by atoms with Crippen molar-refractivity contribution in [2.45, 2.75) is 59.3 Å². The van der Waals surface area contributed by atoms with Crippen LogP contribution in [0.15, 0.2) is 0 Å². The van der Waals surface area contributed by atoms with Crippen molar-refractivity contribution in [2.75, 3.05) is 0 Å². The second kappa shape index (κ2) is 9.16.